The van der Waals surface area contributed by atoms with Gasteiger partial charge >= 0.3 is 0 Å². The standard InChI is InChI=1S/C18H19N3O2/c1-13(2)23-17-6-4-3-5-16(17)21-18(22)12-20-15-9-7-14(11-19)8-10-15/h3-10,13,20H,12H2,1-2H3,(H,21,22). The van der Waals surface area contributed by atoms with Crippen molar-refractivity contribution in [2.75, 3.05) is 17.2 Å². The first-order chi connectivity index (χ1) is 11.1. The molecule has 0 fully saturated rings. The van der Waals surface area contributed by atoms with Crippen LogP contribution in [0.5, 0.6) is 5.75 Å². The highest BCUT2D eigenvalue weighted by molar-refractivity contribution is 5.95. The quantitative estimate of drug-likeness (QED) is 0.857. The fraction of sp³-hybridized carbons (Fsp3) is 0.222. The van der Waals surface area contributed by atoms with Gasteiger partial charge in [0.2, 0.25) is 5.91 Å². The maximum Gasteiger partial charge on any atom is 0.243 e. The Labute approximate surface area is 135 Å². The molecule has 0 heterocycles. The minimum Gasteiger partial charge on any atom is -0.489 e. The second kappa shape index (κ2) is 7.85. The van der Waals surface area contributed by atoms with Crippen LogP contribution in [0, 0.1) is 11.3 Å². The summed E-state index contributed by atoms with van der Waals surface area (Å²) in [4.78, 5) is 12.1. The number of nitrogens with one attached hydrogen (secondary N) is 2. The van der Waals surface area contributed by atoms with Crippen LogP contribution in [-0.2, 0) is 4.79 Å². The van der Waals surface area contributed by atoms with Gasteiger partial charge in [-0.2, -0.15) is 5.26 Å². The van der Waals surface area contributed by atoms with Gasteiger partial charge in [0.1, 0.15) is 5.75 Å². The number of nitrogens with zero attached hydrogens (tertiary/aromatic N) is 1. The third-order valence-corrected chi connectivity index (χ3v) is 2.99. The Morgan fingerprint density at radius 2 is 1.87 bits per heavy atom. The van der Waals surface area contributed by atoms with E-state index < -0.39 is 0 Å². The Morgan fingerprint density at radius 3 is 2.52 bits per heavy atom. The number of carbonyl (C=O) groups is 1. The third-order valence-electron chi connectivity index (χ3n) is 2.99. The summed E-state index contributed by atoms with van der Waals surface area (Å²) < 4.78 is 5.67. The number of ether oxygens (including phenoxy) is 1. The highest BCUT2D eigenvalue weighted by Gasteiger charge is 2.08. The molecule has 2 aromatic carbocycles. The summed E-state index contributed by atoms with van der Waals surface area (Å²) in [5, 5.41) is 14.6. The lowest BCUT2D eigenvalue weighted by Crippen LogP contribution is -2.22. The summed E-state index contributed by atoms with van der Waals surface area (Å²) in [5.41, 5.74) is 2.01. The summed E-state index contributed by atoms with van der Waals surface area (Å²) >= 11 is 0. The van der Waals surface area contributed by atoms with Gasteiger partial charge in [-0.05, 0) is 50.2 Å². The monoisotopic (exact) mass is 309 g/mol. The molecule has 1 amide bonds. The Morgan fingerprint density at radius 1 is 1.17 bits per heavy atom. The smallest absolute Gasteiger partial charge is 0.243 e. The highest BCUT2D eigenvalue weighted by atomic mass is 16.5. The van der Waals surface area contributed by atoms with E-state index in [0.29, 0.717) is 17.0 Å². The van der Waals surface area contributed by atoms with Crippen LogP contribution in [0.15, 0.2) is 48.5 Å². The molecule has 0 atom stereocenters. The molecule has 0 aliphatic rings. The van der Waals surface area contributed by atoms with Crippen molar-refractivity contribution < 1.29 is 9.53 Å². The summed E-state index contributed by atoms with van der Waals surface area (Å²) in [6.45, 7) is 4.00. The van der Waals surface area contributed by atoms with E-state index in [-0.39, 0.29) is 18.6 Å². The normalized spacial score (nSPS) is 10.0. The zero-order valence-corrected chi connectivity index (χ0v) is 13.2. The van der Waals surface area contributed by atoms with E-state index >= 15 is 0 Å². The van der Waals surface area contributed by atoms with Gasteiger partial charge in [0.15, 0.2) is 0 Å². The van der Waals surface area contributed by atoms with Crippen molar-refractivity contribution in [3.8, 4) is 11.8 Å². The first-order valence-corrected chi connectivity index (χ1v) is 7.38. The number of hydrogen-bond acceptors (Lipinski definition) is 4. The van der Waals surface area contributed by atoms with Gasteiger partial charge in [-0.25, -0.2) is 0 Å². The molecule has 0 unspecified atom stereocenters. The predicted octanol–water partition coefficient (Wildman–Crippen LogP) is 3.40. The molecule has 5 heteroatoms. The first kappa shape index (κ1) is 16.4. The summed E-state index contributed by atoms with van der Waals surface area (Å²) in [6, 6.07) is 16.3. The lowest BCUT2D eigenvalue weighted by atomic mass is 10.2. The van der Waals surface area contributed by atoms with Crippen LogP contribution in [0.3, 0.4) is 0 Å². The molecule has 0 bridgehead atoms. The van der Waals surface area contributed by atoms with Gasteiger partial charge in [-0.3, -0.25) is 4.79 Å². The number of para-hydroxylation sites is 2. The molecule has 23 heavy (non-hydrogen) atoms. The zero-order chi connectivity index (χ0) is 16.7. The SMILES string of the molecule is CC(C)Oc1ccccc1NC(=O)CNc1ccc(C#N)cc1. The average molecular weight is 309 g/mol. The molecule has 0 radical (unpaired) electrons. The van der Waals surface area contributed by atoms with Crippen LogP contribution >= 0.6 is 0 Å². The highest BCUT2D eigenvalue weighted by Crippen LogP contribution is 2.24. The van der Waals surface area contributed by atoms with Gasteiger partial charge in [-0.15, -0.1) is 0 Å². The number of rotatable bonds is 6. The minimum atomic E-state index is -0.172. The van der Waals surface area contributed by atoms with E-state index in [1.165, 1.54) is 0 Å². The molecule has 0 aliphatic carbocycles. The Hall–Kier alpha value is -3.00. The molecule has 2 rings (SSSR count). The van der Waals surface area contributed by atoms with Gasteiger partial charge < -0.3 is 15.4 Å². The number of nitriles is 1. The van der Waals surface area contributed by atoms with Crippen LogP contribution in [0.25, 0.3) is 0 Å². The molecule has 5 nitrogen and oxygen atoms in total. The van der Waals surface area contributed by atoms with E-state index in [1.54, 1.807) is 30.3 Å². The molecule has 0 saturated heterocycles. The fourth-order valence-corrected chi connectivity index (χ4v) is 1.97. The van der Waals surface area contributed by atoms with Crippen LogP contribution in [0.1, 0.15) is 19.4 Å². The number of hydrogen-bond donors (Lipinski definition) is 2. The molecule has 0 spiro atoms. The van der Waals surface area contributed by atoms with E-state index in [1.807, 2.05) is 32.0 Å². The number of amides is 1. The average Bonchev–Trinajstić information content (AvgIpc) is 2.55. The summed E-state index contributed by atoms with van der Waals surface area (Å²) in [5.74, 6) is 0.475. The lowest BCUT2D eigenvalue weighted by molar-refractivity contribution is -0.114. The Kier molecular flexibility index (Phi) is 5.59. The van der Waals surface area contributed by atoms with E-state index in [0.717, 1.165) is 5.69 Å². The molecule has 2 N–H and O–H groups in total. The van der Waals surface area contributed by atoms with Crippen LogP contribution in [0.4, 0.5) is 11.4 Å². The van der Waals surface area contributed by atoms with Crippen molar-refractivity contribution in [1.82, 2.24) is 0 Å². The van der Waals surface area contributed by atoms with Gasteiger partial charge in [0.05, 0.1) is 30.0 Å². The van der Waals surface area contributed by atoms with E-state index in [4.69, 9.17) is 10.00 Å². The van der Waals surface area contributed by atoms with Gasteiger partial charge in [-0.1, -0.05) is 12.1 Å². The Balaban J connectivity index is 1.93. The van der Waals surface area contributed by atoms with Crippen LogP contribution < -0.4 is 15.4 Å². The molecule has 0 aromatic heterocycles. The van der Waals surface area contributed by atoms with Crippen LogP contribution in [-0.4, -0.2) is 18.6 Å². The number of anilines is 2. The van der Waals surface area contributed by atoms with Crippen molar-refractivity contribution in [2.24, 2.45) is 0 Å². The molecule has 118 valence electrons. The second-order valence-corrected chi connectivity index (χ2v) is 5.25. The molecular formula is C18H19N3O2. The van der Waals surface area contributed by atoms with Crippen molar-refractivity contribution in [3.63, 3.8) is 0 Å². The molecule has 0 aliphatic heterocycles. The fourth-order valence-electron chi connectivity index (χ4n) is 1.97. The summed E-state index contributed by atoms with van der Waals surface area (Å²) in [7, 11) is 0. The van der Waals surface area contributed by atoms with Gasteiger partial charge in [0.25, 0.3) is 0 Å². The van der Waals surface area contributed by atoms with Gasteiger partial charge in [0, 0.05) is 5.69 Å². The molecule has 2 aromatic rings. The second-order valence-electron chi connectivity index (χ2n) is 5.25. The van der Waals surface area contributed by atoms with Crippen molar-refractivity contribution in [1.29, 1.82) is 5.26 Å². The van der Waals surface area contributed by atoms with Crippen molar-refractivity contribution in [2.45, 2.75) is 20.0 Å². The maximum absolute atomic E-state index is 12.1. The Bertz CT molecular complexity index is 703. The predicted molar refractivity (Wildman–Crippen MR) is 90.5 cm³/mol. The van der Waals surface area contributed by atoms with Crippen molar-refractivity contribution >= 4 is 17.3 Å². The van der Waals surface area contributed by atoms with Crippen LogP contribution in [0.2, 0.25) is 0 Å². The van der Waals surface area contributed by atoms with E-state index in [2.05, 4.69) is 16.7 Å². The topological polar surface area (TPSA) is 74.2 Å². The maximum atomic E-state index is 12.1. The number of benzene rings is 2. The molecule has 0 saturated carbocycles. The van der Waals surface area contributed by atoms with E-state index in [9.17, 15) is 4.79 Å². The largest absolute Gasteiger partial charge is 0.489 e. The number of carbonyl (C=O) groups excluding carboxylic acids is 1. The van der Waals surface area contributed by atoms with Crippen molar-refractivity contribution in [3.05, 3.63) is 54.1 Å². The minimum absolute atomic E-state index is 0.0322. The molecular weight excluding hydrogens is 290 g/mol. The third kappa shape index (κ3) is 5.04. The summed E-state index contributed by atoms with van der Waals surface area (Å²) in [6.07, 6.45) is 0.0322. The first-order valence-electron chi connectivity index (χ1n) is 7.38. The lowest BCUT2D eigenvalue weighted by Gasteiger charge is -2.15. The zero-order valence-electron chi connectivity index (χ0n) is 13.2.